The van der Waals surface area contributed by atoms with Gasteiger partial charge >= 0.3 is 0 Å². The Balaban J connectivity index is 2.11. The molecule has 0 aliphatic rings. The molecule has 0 radical (unpaired) electrons. The van der Waals surface area contributed by atoms with Crippen LogP contribution in [0.5, 0.6) is 0 Å². The zero-order valence-electron chi connectivity index (χ0n) is 16.5. The second-order valence-electron chi connectivity index (χ2n) is 6.98. The molecule has 7 heteroatoms. The van der Waals surface area contributed by atoms with Crippen molar-refractivity contribution in [2.45, 2.75) is 46.4 Å². The predicted molar refractivity (Wildman–Crippen MR) is 108 cm³/mol. The molecule has 4 rings (SSSR count). The third-order valence-electron chi connectivity index (χ3n) is 5.38. The van der Waals surface area contributed by atoms with Crippen molar-refractivity contribution in [3.63, 3.8) is 0 Å². The van der Waals surface area contributed by atoms with Crippen LogP contribution >= 0.6 is 0 Å². The summed E-state index contributed by atoms with van der Waals surface area (Å²) in [5.41, 5.74) is 7.96. The predicted octanol–water partition coefficient (Wildman–Crippen LogP) is 3.71. The number of hydrogen-bond acceptors (Lipinski definition) is 4. The SMILES string of the molecule is CCS(=O)c1c(-c2nc3cc(C)ccn3n2)nn2c(C)c(C)c(C)c(C)c12. The lowest BCUT2D eigenvalue weighted by Crippen LogP contribution is -2.03. The maximum absolute atomic E-state index is 13.0. The van der Waals surface area contributed by atoms with Crippen LogP contribution in [0.4, 0.5) is 0 Å². The summed E-state index contributed by atoms with van der Waals surface area (Å²) in [5, 5.41) is 9.41. The van der Waals surface area contributed by atoms with Crippen molar-refractivity contribution in [3.05, 3.63) is 46.3 Å². The first-order valence-corrected chi connectivity index (χ1v) is 10.4. The van der Waals surface area contributed by atoms with E-state index >= 15 is 0 Å². The molecule has 140 valence electrons. The zero-order chi connectivity index (χ0) is 19.5. The molecule has 1 atom stereocenters. The number of nitrogens with zero attached hydrogens (tertiary/aromatic N) is 5. The molecule has 4 aromatic rings. The van der Waals surface area contributed by atoms with Crippen molar-refractivity contribution < 1.29 is 4.21 Å². The van der Waals surface area contributed by atoms with Gasteiger partial charge in [0.1, 0.15) is 5.69 Å². The summed E-state index contributed by atoms with van der Waals surface area (Å²) in [6.45, 7) is 12.3. The van der Waals surface area contributed by atoms with E-state index in [-0.39, 0.29) is 0 Å². The largest absolute Gasteiger partial charge is 0.254 e. The summed E-state index contributed by atoms with van der Waals surface area (Å²) in [7, 11) is -1.18. The van der Waals surface area contributed by atoms with E-state index in [4.69, 9.17) is 5.10 Å². The lowest BCUT2D eigenvalue weighted by atomic mass is 10.0. The Kier molecular flexibility index (Phi) is 4.14. The van der Waals surface area contributed by atoms with E-state index in [1.165, 1.54) is 11.1 Å². The molecule has 0 amide bonds. The molecule has 0 aliphatic heterocycles. The highest BCUT2D eigenvalue weighted by Gasteiger charge is 2.25. The lowest BCUT2D eigenvalue weighted by molar-refractivity contribution is 0.684. The van der Waals surface area contributed by atoms with E-state index < -0.39 is 10.8 Å². The first kappa shape index (κ1) is 17.9. The van der Waals surface area contributed by atoms with Gasteiger partial charge in [0.15, 0.2) is 5.65 Å². The molecule has 0 saturated carbocycles. The van der Waals surface area contributed by atoms with Crippen LogP contribution in [0.1, 0.15) is 34.9 Å². The minimum absolute atomic E-state index is 0.509. The molecule has 0 aromatic carbocycles. The normalized spacial score (nSPS) is 13.0. The summed E-state index contributed by atoms with van der Waals surface area (Å²) in [6, 6.07) is 3.97. The summed E-state index contributed by atoms with van der Waals surface area (Å²) >= 11 is 0. The van der Waals surface area contributed by atoms with Crippen molar-refractivity contribution >= 4 is 22.0 Å². The van der Waals surface area contributed by atoms with E-state index in [0.29, 0.717) is 17.3 Å². The molecule has 0 saturated heterocycles. The molecular weight excluding hydrogens is 358 g/mol. The maximum Gasteiger partial charge on any atom is 0.203 e. The van der Waals surface area contributed by atoms with E-state index in [1.54, 1.807) is 4.52 Å². The van der Waals surface area contributed by atoms with E-state index in [9.17, 15) is 4.21 Å². The summed E-state index contributed by atoms with van der Waals surface area (Å²) in [6.07, 6.45) is 1.89. The first-order valence-electron chi connectivity index (χ1n) is 9.04. The standard InChI is InChI=1S/C20H23N5OS/c1-7-27(26)19-17(20-21-16-10-11(2)8-9-24(16)23-20)22-25-15(6)13(4)12(3)14(5)18(19)25/h8-10H,7H2,1-6H3. The summed E-state index contributed by atoms with van der Waals surface area (Å²) in [5.74, 6) is 1.03. The molecule has 6 nitrogen and oxygen atoms in total. The molecule has 4 aromatic heterocycles. The molecule has 0 bridgehead atoms. The molecule has 0 fully saturated rings. The molecule has 4 heterocycles. The van der Waals surface area contributed by atoms with E-state index in [1.807, 2.05) is 43.6 Å². The van der Waals surface area contributed by atoms with Crippen molar-refractivity contribution in [3.8, 4) is 11.5 Å². The highest BCUT2D eigenvalue weighted by atomic mass is 32.2. The van der Waals surface area contributed by atoms with Crippen molar-refractivity contribution in [2.24, 2.45) is 0 Å². The Morgan fingerprint density at radius 1 is 1.04 bits per heavy atom. The van der Waals surface area contributed by atoms with Crippen LogP contribution in [0.25, 0.3) is 22.7 Å². The molecular formula is C20H23N5OS. The Bertz CT molecular complexity index is 1230. The van der Waals surface area contributed by atoms with Gasteiger partial charge in [-0.15, -0.1) is 5.10 Å². The van der Waals surface area contributed by atoms with Gasteiger partial charge in [0.05, 0.1) is 21.2 Å². The molecule has 0 N–H and O–H groups in total. The number of aryl methyl sites for hydroxylation is 3. The topological polar surface area (TPSA) is 64.6 Å². The quantitative estimate of drug-likeness (QED) is 0.543. The van der Waals surface area contributed by atoms with Crippen LogP contribution in [0, 0.1) is 34.6 Å². The average molecular weight is 382 g/mol. The van der Waals surface area contributed by atoms with E-state index in [0.717, 1.165) is 32.9 Å². The van der Waals surface area contributed by atoms with Crippen LogP contribution < -0.4 is 0 Å². The molecule has 0 aliphatic carbocycles. The molecule has 27 heavy (non-hydrogen) atoms. The highest BCUT2D eigenvalue weighted by molar-refractivity contribution is 7.85. The lowest BCUT2D eigenvalue weighted by Gasteiger charge is -2.12. The molecule has 0 spiro atoms. The first-order chi connectivity index (χ1) is 12.8. The van der Waals surface area contributed by atoms with Gasteiger partial charge in [-0.25, -0.2) is 14.0 Å². The Hall–Kier alpha value is -2.54. The Labute approximate surface area is 160 Å². The van der Waals surface area contributed by atoms with Crippen LogP contribution in [-0.4, -0.2) is 34.2 Å². The number of pyridine rings is 2. The summed E-state index contributed by atoms with van der Waals surface area (Å²) < 4.78 is 16.7. The van der Waals surface area contributed by atoms with Gasteiger partial charge < -0.3 is 0 Å². The number of rotatable bonds is 3. The van der Waals surface area contributed by atoms with Gasteiger partial charge in [0.25, 0.3) is 0 Å². The minimum Gasteiger partial charge on any atom is -0.254 e. The second kappa shape index (κ2) is 6.27. The Morgan fingerprint density at radius 3 is 2.48 bits per heavy atom. The van der Waals surface area contributed by atoms with Crippen LogP contribution in [-0.2, 0) is 10.8 Å². The van der Waals surface area contributed by atoms with Gasteiger partial charge in [-0.3, -0.25) is 4.21 Å². The highest BCUT2D eigenvalue weighted by Crippen LogP contribution is 2.33. The molecule has 1 unspecified atom stereocenters. The fourth-order valence-corrected chi connectivity index (χ4v) is 4.55. The third-order valence-corrected chi connectivity index (χ3v) is 6.74. The van der Waals surface area contributed by atoms with Crippen LogP contribution in [0.3, 0.4) is 0 Å². The smallest absolute Gasteiger partial charge is 0.203 e. The Morgan fingerprint density at radius 2 is 1.78 bits per heavy atom. The van der Waals surface area contributed by atoms with Gasteiger partial charge in [0, 0.05) is 17.6 Å². The average Bonchev–Trinajstić information content (AvgIpc) is 3.25. The monoisotopic (exact) mass is 381 g/mol. The number of hydrogen-bond donors (Lipinski definition) is 0. The van der Waals surface area contributed by atoms with E-state index in [2.05, 4.69) is 30.9 Å². The fourth-order valence-electron chi connectivity index (χ4n) is 3.45. The zero-order valence-corrected chi connectivity index (χ0v) is 17.3. The maximum atomic E-state index is 13.0. The minimum atomic E-state index is -1.18. The van der Waals surface area contributed by atoms with Gasteiger partial charge in [-0.05, 0) is 69.0 Å². The third kappa shape index (κ3) is 2.60. The van der Waals surface area contributed by atoms with Crippen LogP contribution in [0.2, 0.25) is 0 Å². The number of fused-ring (bicyclic) bond motifs is 2. The van der Waals surface area contributed by atoms with Crippen molar-refractivity contribution in [1.29, 1.82) is 0 Å². The van der Waals surface area contributed by atoms with Crippen LogP contribution in [0.15, 0.2) is 23.2 Å². The van der Waals surface area contributed by atoms with Crippen molar-refractivity contribution in [2.75, 3.05) is 5.75 Å². The second-order valence-corrected chi connectivity index (χ2v) is 8.65. The van der Waals surface area contributed by atoms with Crippen molar-refractivity contribution in [1.82, 2.24) is 24.2 Å². The van der Waals surface area contributed by atoms with Gasteiger partial charge in [0.2, 0.25) is 5.82 Å². The van der Waals surface area contributed by atoms with Gasteiger partial charge in [-0.2, -0.15) is 5.10 Å². The fraction of sp³-hybridized carbons (Fsp3) is 0.350. The van der Waals surface area contributed by atoms with Gasteiger partial charge in [-0.1, -0.05) is 6.92 Å². The summed E-state index contributed by atoms with van der Waals surface area (Å²) in [4.78, 5) is 5.39. The number of aromatic nitrogens is 5.